The maximum Gasteiger partial charge on any atom is 0.224 e. The molecule has 4 heterocycles. The van der Waals surface area contributed by atoms with Crippen LogP contribution in [0.3, 0.4) is 0 Å². The Morgan fingerprint density at radius 3 is 2.74 bits per heavy atom. The van der Waals surface area contributed by atoms with Gasteiger partial charge >= 0.3 is 0 Å². The summed E-state index contributed by atoms with van der Waals surface area (Å²) in [6.45, 7) is 6.92. The molecule has 1 amide bonds. The van der Waals surface area contributed by atoms with Crippen molar-refractivity contribution in [2.45, 2.75) is 46.1 Å². The second kappa shape index (κ2) is 9.04. The molecular formula is C24H27N5O2. The van der Waals surface area contributed by atoms with Gasteiger partial charge in [-0.1, -0.05) is 13.8 Å². The number of aromatic nitrogens is 3. The van der Waals surface area contributed by atoms with Gasteiger partial charge in [0.05, 0.1) is 29.5 Å². The second-order valence-corrected chi connectivity index (χ2v) is 7.92. The van der Waals surface area contributed by atoms with Crippen molar-refractivity contribution in [3.8, 4) is 0 Å². The first-order valence-corrected chi connectivity index (χ1v) is 10.5. The van der Waals surface area contributed by atoms with Crippen LogP contribution in [0.25, 0.3) is 11.0 Å². The van der Waals surface area contributed by atoms with E-state index < -0.39 is 0 Å². The first kappa shape index (κ1) is 20.7. The van der Waals surface area contributed by atoms with Gasteiger partial charge in [0.15, 0.2) is 0 Å². The standard InChI is InChI=1S/C24H27N5O2/c1-15(2)20-13-21(26-14-18-5-4-12-31-18)24-23(29-20)16(3)19(28-24)6-7-22(30)27-17-8-10-25-11-9-17/h4-5,8-13,15,28H,6-7,14H2,1-3H3,(H,26,29)(H,25,27,30). The highest BCUT2D eigenvalue weighted by molar-refractivity contribution is 5.93. The quantitative estimate of drug-likeness (QED) is 0.368. The number of furan rings is 1. The van der Waals surface area contributed by atoms with Gasteiger partial charge in [0.1, 0.15) is 5.76 Å². The second-order valence-electron chi connectivity index (χ2n) is 7.92. The van der Waals surface area contributed by atoms with Crippen LogP contribution in [0.1, 0.15) is 48.9 Å². The van der Waals surface area contributed by atoms with Gasteiger partial charge in [-0.25, -0.2) is 0 Å². The van der Waals surface area contributed by atoms with E-state index in [2.05, 4.69) is 47.4 Å². The third-order valence-electron chi connectivity index (χ3n) is 5.31. The number of pyridine rings is 2. The van der Waals surface area contributed by atoms with Crippen molar-refractivity contribution >= 4 is 28.3 Å². The Hall–Kier alpha value is -3.61. The van der Waals surface area contributed by atoms with Crippen LogP contribution in [0, 0.1) is 6.92 Å². The number of fused-ring (bicyclic) bond motifs is 1. The summed E-state index contributed by atoms with van der Waals surface area (Å²) in [7, 11) is 0. The number of aryl methyl sites for hydroxylation is 2. The minimum Gasteiger partial charge on any atom is -0.467 e. The van der Waals surface area contributed by atoms with Crippen LogP contribution in [0.5, 0.6) is 0 Å². The van der Waals surface area contributed by atoms with Crippen LogP contribution in [-0.4, -0.2) is 20.9 Å². The molecule has 4 rings (SSSR count). The molecule has 0 saturated carbocycles. The normalized spacial score (nSPS) is 11.2. The van der Waals surface area contributed by atoms with Crippen LogP contribution < -0.4 is 10.6 Å². The number of nitrogens with zero attached hydrogens (tertiary/aromatic N) is 2. The molecular weight excluding hydrogens is 390 g/mol. The molecule has 0 atom stereocenters. The SMILES string of the molecule is Cc1c(CCC(=O)Nc2ccncc2)[nH]c2c(NCc3ccco3)cc(C(C)C)nc12. The third-order valence-corrected chi connectivity index (χ3v) is 5.31. The number of H-pyrrole nitrogens is 1. The fourth-order valence-electron chi connectivity index (χ4n) is 3.53. The molecule has 0 bridgehead atoms. The number of hydrogen-bond acceptors (Lipinski definition) is 5. The molecule has 0 aromatic carbocycles. The summed E-state index contributed by atoms with van der Waals surface area (Å²) in [5.41, 5.74) is 6.76. The molecule has 0 aliphatic heterocycles. The Kier molecular flexibility index (Phi) is 6.02. The molecule has 0 spiro atoms. The van der Waals surface area contributed by atoms with E-state index in [9.17, 15) is 4.79 Å². The van der Waals surface area contributed by atoms with Crippen LogP contribution in [0.4, 0.5) is 11.4 Å². The van der Waals surface area contributed by atoms with E-state index in [0.29, 0.717) is 25.3 Å². The molecule has 4 aromatic rings. The van der Waals surface area contributed by atoms with E-state index in [1.165, 1.54) is 0 Å². The van der Waals surface area contributed by atoms with Crippen molar-refractivity contribution in [2.75, 3.05) is 10.6 Å². The van der Waals surface area contributed by atoms with Crippen LogP contribution in [0.2, 0.25) is 0 Å². The van der Waals surface area contributed by atoms with Crippen LogP contribution >= 0.6 is 0 Å². The number of amides is 1. The van der Waals surface area contributed by atoms with E-state index in [-0.39, 0.29) is 5.91 Å². The summed E-state index contributed by atoms with van der Waals surface area (Å²) in [6.07, 6.45) is 5.97. The minimum absolute atomic E-state index is 0.0312. The highest BCUT2D eigenvalue weighted by Gasteiger charge is 2.16. The Morgan fingerprint density at radius 2 is 2.03 bits per heavy atom. The summed E-state index contributed by atoms with van der Waals surface area (Å²) in [4.78, 5) is 24.7. The molecule has 4 aromatic heterocycles. The Morgan fingerprint density at radius 1 is 1.23 bits per heavy atom. The summed E-state index contributed by atoms with van der Waals surface area (Å²) in [5.74, 6) is 1.14. The number of carbonyl (C=O) groups is 1. The Balaban J connectivity index is 1.55. The lowest BCUT2D eigenvalue weighted by Gasteiger charge is -2.11. The zero-order valence-electron chi connectivity index (χ0n) is 18.0. The molecule has 0 unspecified atom stereocenters. The van der Waals surface area contributed by atoms with Crippen molar-refractivity contribution in [3.63, 3.8) is 0 Å². The van der Waals surface area contributed by atoms with E-state index >= 15 is 0 Å². The molecule has 7 nitrogen and oxygen atoms in total. The van der Waals surface area contributed by atoms with Crippen LogP contribution in [-0.2, 0) is 17.8 Å². The fourth-order valence-corrected chi connectivity index (χ4v) is 3.53. The lowest BCUT2D eigenvalue weighted by Crippen LogP contribution is -2.12. The minimum atomic E-state index is -0.0312. The maximum absolute atomic E-state index is 12.4. The van der Waals surface area contributed by atoms with Crippen molar-refractivity contribution in [2.24, 2.45) is 0 Å². The van der Waals surface area contributed by atoms with Gasteiger partial charge < -0.3 is 20.0 Å². The van der Waals surface area contributed by atoms with Gasteiger partial charge in [-0.15, -0.1) is 0 Å². The van der Waals surface area contributed by atoms with Gasteiger partial charge in [-0.3, -0.25) is 14.8 Å². The van der Waals surface area contributed by atoms with Gasteiger partial charge in [-0.2, -0.15) is 0 Å². The zero-order chi connectivity index (χ0) is 21.8. The molecule has 0 radical (unpaired) electrons. The third kappa shape index (κ3) is 4.77. The first-order valence-electron chi connectivity index (χ1n) is 10.5. The molecule has 3 N–H and O–H groups in total. The smallest absolute Gasteiger partial charge is 0.224 e. The van der Waals surface area contributed by atoms with Gasteiger partial charge in [0, 0.05) is 35.9 Å². The molecule has 31 heavy (non-hydrogen) atoms. The highest BCUT2D eigenvalue weighted by atomic mass is 16.3. The largest absolute Gasteiger partial charge is 0.467 e. The number of aromatic amines is 1. The fraction of sp³-hybridized carbons (Fsp3) is 0.292. The molecule has 160 valence electrons. The number of rotatable bonds is 8. The molecule has 7 heteroatoms. The Labute approximate surface area is 181 Å². The van der Waals surface area contributed by atoms with Crippen molar-refractivity contribution < 1.29 is 9.21 Å². The zero-order valence-corrected chi connectivity index (χ0v) is 18.0. The average molecular weight is 418 g/mol. The summed E-state index contributed by atoms with van der Waals surface area (Å²) < 4.78 is 5.45. The van der Waals surface area contributed by atoms with Crippen molar-refractivity contribution in [1.29, 1.82) is 0 Å². The molecule has 0 aliphatic carbocycles. The Bertz CT molecular complexity index is 1160. The molecule has 0 aliphatic rings. The van der Waals surface area contributed by atoms with Crippen molar-refractivity contribution in [1.82, 2.24) is 15.0 Å². The number of anilines is 2. The topological polar surface area (TPSA) is 95.8 Å². The number of hydrogen-bond donors (Lipinski definition) is 3. The molecule has 0 saturated heterocycles. The van der Waals surface area contributed by atoms with Gasteiger partial charge in [0.25, 0.3) is 0 Å². The van der Waals surface area contributed by atoms with E-state index in [1.807, 2.05) is 12.1 Å². The maximum atomic E-state index is 12.4. The lowest BCUT2D eigenvalue weighted by molar-refractivity contribution is -0.116. The van der Waals surface area contributed by atoms with Gasteiger partial charge in [0.2, 0.25) is 5.91 Å². The van der Waals surface area contributed by atoms with E-state index in [4.69, 9.17) is 9.40 Å². The summed E-state index contributed by atoms with van der Waals surface area (Å²) in [6, 6.07) is 9.47. The summed E-state index contributed by atoms with van der Waals surface area (Å²) >= 11 is 0. The van der Waals surface area contributed by atoms with E-state index in [1.54, 1.807) is 30.8 Å². The predicted octanol–water partition coefficient (Wildman–Crippen LogP) is 5.17. The summed E-state index contributed by atoms with van der Waals surface area (Å²) in [5, 5.41) is 6.38. The lowest BCUT2D eigenvalue weighted by atomic mass is 10.1. The van der Waals surface area contributed by atoms with Crippen LogP contribution in [0.15, 0.2) is 53.4 Å². The van der Waals surface area contributed by atoms with Crippen molar-refractivity contribution in [3.05, 3.63) is 71.7 Å². The molecule has 0 fully saturated rings. The monoisotopic (exact) mass is 417 g/mol. The number of carbonyl (C=O) groups excluding carboxylic acids is 1. The average Bonchev–Trinajstić information content (AvgIpc) is 3.39. The predicted molar refractivity (Wildman–Crippen MR) is 122 cm³/mol. The highest BCUT2D eigenvalue weighted by Crippen LogP contribution is 2.30. The first-order chi connectivity index (χ1) is 15.0. The van der Waals surface area contributed by atoms with E-state index in [0.717, 1.165) is 45.1 Å². The van der Waals surface area contributed by atoms with Gasteiger partial charge in [-0.05, 0) is 55.2 Å². The number of nitrogens with one attached hydrogen (secondary N) is 3.